The molecule has 0 atom stereocenters. The highest BCUT2D eigenvalue weighted by Gasteiger charge is 2.40. The number of anilines is 1. The van der Waals surface area contributed by atoms with Crippen LogP contribution in [0.25, 0.3) is 5.69 Å². The summed E-state index contributed by atoms with van der Waals surface area (Å²) in [6, 6.07) is 18.2. The van der Waals surface area contributed by atoms with Crippen molar-refractivity contribution in [3.8, 4) is 11.4 Å². The molecule has 0 radical (unpaired) electrons. The minimum absolute atomic E-state index is 0.280. The van der Waals surface area contributed by atoms with Crippen LogP contribution in [0.3, 0.4) is 0 Å². The number of methoxy groups -OCH3 is 1. The van der Waals surface area contributed by atoms with Gasteiger partial charge in [0.25, 0.3) is 0 Å². The van der Waals surface area contributed by atoms with E-state index in [-0.39, 0.29) is 5.54 Å². The van der Waals surface area contributed by atoms with E-state index in [1.165, 1.54) is 0 Å². The smallest absolute Gasteiger partial charge is 0.181 e. The van der Waals surface area contributed by atoms with E-state index >= 15 is 0 Å². The Morgan fingerprint density at radius 1 is 1.04 bits per heavy atom. The predicted octanol–water partition coefficient (Wildman–Crippen LogP) is 4.19. The number of nitrogens with zero attached hydrogens (tertiary/aromatic N) is 4. The average molecular weight is 363 g/mol. The lowest BCUT2D eigenvalue weighted by atomic mass is 9.76. The molecule has 0 aliphatic heterocycles. The first-order valence-electron chi connectivity index (χ1n) is 9.47. The van der Waals surface area contributed by atoms with Crippen molar-refractivity contribution in [2.24, 2.45) is 5.92 Å². The molecule has 6 heteroatoms. The summed E-state index contributed by atoms with van der Waals surface area (Å²) in [5.41, 5.74) is 1.75. The van der Waals surface area contributed by atoms with Crippen molar-refractivity contribution in [2.75, 3.05) is 12.4 Å². The highest BCUT2D eigenvalue weighted by molar-refractivity contribution is 5.47. The molecule has 0 bridgehead atoms. The van der Waals surface area contributed by atoms with Crippen LogP contribution in [-0.4, -0.2) is 27.3 Å². The largest absolute Gasteiger partial charge is 0.497 e. The third-order valence-electron chi connectivity index (χ3n) is 5.50. The van der Waals surface area contributed by atoms with E-state index < -0.39 is 0 Å². The summed E-state index contributed by atoms with van der Waals surface area (Å²) in [5, 5.41) is 16.5. The fourth-order valence-corrected chi connectivity index (χ4v) is 3.84. The summed E-state index contributed by atoms with van der Waals surface area (Å²) in [7, 11) is 1.67. The van der Waals surface area contributed by atoms with Crippen LogP contribution >= 0.6 is 0 Å². The van der Waals surface area contributed by atoms with Gasteiger partial charge in [0.05, 0.1) is 18.3 Å². The van der Waals surface area contributed by atoms with Gasteiger partial charge in [0.15, 0.2) is 5.82 Å². The molecule has 4 rings (SSSR count). The van der Waals surface area contributed by atoms with Gasteiger partial charge in [0.1, 0.15) is 5.75 Å². The molecule has 27 heavy (non-hydrogen) atoms. The summed E-state index contributed by atoms with van der Waals surface area (Å²) in [4.78, 5) is 0. The van der Waals surface area contributed by atoms with E-state index in [4.69, 9.17) is 4.74 Å². The molecule has 1 aliphatic carbocycles. The number of hydrogen-bond acceptors (Lipinski definition) is 5. The second-order valence-electron chi connectivity index (χ2n) is 7.37. The third-order valence-corrected chi connectivity index (χ3v) is 5.50. The Bertz CT molecular complexity index is 867. The van der Waals surface area contributed by atoms with Crippen LogP contribution in [0.1, 0.15) is 38.4 Å². The molecule has 140 valence electrons. The fourth-order valence-electron chi connectivity index (χ4n) is 3.84. The van der Waals surface area contributed by atoms with Crippen LogP contribution in [0.5, 0.6) is 5.75 Å². The van der Waals surface area contributed by atoms with Gasteiger partial charge in [-0.2, -0.15) is 4.68 Å². The second-order valence-corrected chi connectivity index (χ2v) is 7.37. The molecule has 0 unspecified atom stereocenters. The zero-order valence-corrected chi connectivity index (χ0v) is 15.8. The maximum atomic E-state index is 5.27. The lowest BCUT2D eigenvalue weighted by Crippen LogP contribution is -2.41. The van der Waals surface area contributed by atoms with Gasteiger partial charge in [0, 0.05) is 5.69 Å². The molecule has 6 nitrogen and oxygen atoms in total. The van der Waals surface area contributed by atoms with E-state index in [0.29, 0.717) is 0 Å². The molecule has 1 aliphatic rings. The van der Waals surface area contributed by atoms with E-state index in [0.717, 1.165) is 54.5 Å². The standard InChI is InChI=1S/C21H25N5O/c1-16-12-14-21(15-13-16,22-17-6-4-3-5-7-17)20-23-24-25-26(20)18-8-10-19(27-2)11-9-18/h3-11,16,22H,12-15H2,1-2H3. The van der Waals surface area contributed by atoms with Crippen molar-refractivity contribution >= 4 is 5.69 Å². The van der Waals surface area contributed by atoms with Gasteiger partial charge in [-0.05, 0) is 78.4 Å². The van der Waals surface area contributed by atoms with Gasteiger partial charge in [-0.3, -0.25) is 0 Å². The van der Waals surface area contributed by atoms with Crippen LogP contribution in [-0.2, 0) is 5.54 Å². The van der Waals surface area contributed by atoms with Crippen LogP contribution in [0.15, 0.2) is 54.6 Å². The van der Waals surface area contributed by atoms with Crippen molar-refractivity contribution in [2.45, 2.75) is 38.1 Å². The van der Waals surface area contributed by atoms with Crippen LogP contribution < -0.4 is 10.1 Å². The molecule has 1 aromatic heterocycles. The Hall–Kier alpha value is -2.89. The SMILES string of the molecule is COc1ccc(-n2nnnc2C2(Nc3ccccc3)CCC(C)CC2)cc1. The zero-order valence-electron chi connectivity index (χ0n) is 15.8. The molecule has 3 aromatic rings. The van der Waals surface area contributed by atoms with Gasteiger partial charge >= 0.3 is 0 Å². The first-order chi connectivity index (χ1) is 13.2. The van der Waals surface area contributed by atoms with Gasteiger partial charge in [0.2, 0.25) is 0 Å². The van der Waals surface area contributed by atoms with Crippen LogP contribution in [0.2, 0.25) is 0 Å². The minimum atomic E-state index is -0.280. The first-order valence-corrected chi connectivity index (χ1v) is 9.47. The van der Waals surface area contributed by atoms with Gasteiger partial charge < -0.3 is 10.1 Å². The lowest BCUT2D eigenvalue weighted by Gasteiger charge is -2.39. The molecule has 0 amide bonds. The van der Waals surface area contributed by atoms with E-state index in [1.807, 2.05) is 47.1 Å². The van der Waals surface area contributed by atoms with Gasteiger partial charge in [-0.1, -0.05) is 25.1 Å². The van der Waals surface area contributed by atoms with Gasteiger partial charge in [-0.25, -0.2) is 0 Å². The molecular weight excluding hydrogens is 338 g/mol. The fraction of sp³-hybridized carbons (Fsp3) is 0.381. The molecule has 1 saturated carbocycles. The number of ether oxygens (including phenoxy) is 1. The highest BCUT2D eigenvalue weighted by Crippen LogP contribution is 2.41. The maximum Gasteiger partial charge on any atom is 0.181 e. The number of hydrogen-bond donors (Lipinski definition) is 1. The van der Waals surface area contributed by atoms with Gasteiger partial charge in [-0.15, -0.1) is 5.10 Å². The topological polar surface area (TPSA) is 64.9 Å². The average Bonchev–Trinajstić information content (AvgIpc) is 3.21. The normalized spacial score (nSPS) is 22.4. The molecule has 1 heterocycles. The number of aromatic nitrogens is 4. The molecule has 0 saturated heterocycles. The number of benzene rings is 2. The zero-order chi connectivity index (χ0) is 18.7. The second kappa shape index (κ2) is 7.39. The summed E-state index contributed by atoms with van der Waals surface area (Å²) in [5.74, 6) is 2.40. The monoisotopic (exact) mass is 363 g/mol. The Labute approximate surface area is 159 Å². The van der Waals surface area contributed by atoms with Crippen molar-refractivity contribution < 1.29 is 4.74 Å². The summed E-state index contributed by atoms with van der Waals surface area (Å²) < 4.78 is 7.12. The van der Waals surface area contributed by atoms with Crippen LogP contribution in [0, 0.1) is 5.92 Å². The Morgan fingerprint density at radius 3 is 2.41 bits per heavy atom. The number of tetrazole rings is 1. The van der Waals surface area contributed by atoms with E-state index in [9.17, 15) is 0 Å². The van der Waals surface area contributed by atoms with Crippen molar-refractivity contribution in [1.29, 1.82) is 0 Å². The molecule has 0 spiro atoms. The quantitative estimate of drug-likeness (QED) is 0.736. The number of rotatable bonds is 5. The van der Waals surface area contributed by atoms with Crippen LogP contribution in [0.4, 0.5) is 5.69 Å². The van der Waals surface area contributed by atoms with E-state index in [2.05, 4.69) is 39.9 Å². The third kappa shape index (κ3) is 3.52. The number of nitrogens with one attached hydrogen (secondary N) is 1. The Balaban J connectivity index is 1.73. The van der Waals surface area contributed by atoms with E-state index in [1.54, 1.807) is 7.11 Å². The predicted molar refractivity (Wildman–Crippen MR) is 105 cm³/mol. The molecule has 1 N–H and O–H groups in total. The molecule has 2 aromatic carbocycles. The van der Waals surface area contributed by atoms with Crippen molar-refractivity contribution in [3.05, 3.63) is 60.4 Å². The minimum Gasteiger partial charge on any atom is -0.497 e. The summed E-state index contributed by atoms with van der Waals surface area (Å²) in [6.07, 6.45) is 4.30. The van der Waals surface area contributed by atoms with Crippen molar-refractivity contribution in [1.82, 2.24) is 20.2 Å². The molecular formula is C21H25N5O. The summed E-state index contributed by atoms with van der Waals surface area (Å²) in [6.45, 7) is 2.32. The number of para-hydroxylation sites is 1. The summed E-state index contributed by atoms with van der Waals surface area (Å²) >= 11 is 0. The lowest BCUT2D eigenvalue weighted by molar-refractivity contribution is 0.255. The van der Waals surface area contributed by atoms with Crippen molar-refractivity contribution in [3.63, 3.8) is 0 Å². The maximum absolute atomic E-state index is 5.27. The first kappa shape index (κ1) is 17.5. The highest BCUT2D eigenvalue weighted by atomic mass is 16.5. The Kier molecular flexibility index (Phi) is 4.79. The Morgan fingerprint density at radius 2 is 1.74 bits per heavy atom. The molecule has 1 fully saturated rings.